The Kier molecular flexibility index (Phi) is 3.97. The molecule has 0 spiro atoms. The van der Waals surface area contributed by atoms with E-state index < -0.39 is 6.43 Å². The lowest BCUT2D eigenvalue weighted by atomic mass is 10.2. The van der Waals surface area contributed by atoms with Gasteiger partial charge in [0.2, 0.25) is 0 Å². The molecule has 0 aliphatic carbocycles. The van der Waals surface area contributed by atoms with E-state index in [0.717, 1.165) is 0 Å². The van der Waals surface area contributed by atoms with Gasteiger partial charge in [0.05, 0.1) is 7.11 Å². The molecule has 1 heterocycles. The molecule has 0 unspecified atom stereocenters. The normalized spacial score (nSPS) is 11.0. The lowest BCUT2D eigenvalue weighted by Crippen LogP contribution is -1.96. The topological polar surface area (TPSA) is 47.3 Å². The number of methoxy groups -OCH3 is 1. The van der Waals surface area contributed by atoms with Crippen LogP contribution in [0.25, 0.3) is 17.1 Å². The molecule has 23 heavy (non-hydrogen) atoms. The van der Waals surface area contributed by atoms with Crippen LogP contribution >= 0.6 is 0 Å². The monoisotopic (exact) mass is 316 g/mol. The van der Waals surface area contributed by atoms with Crippen LogP contribution in [-0.2, 0) is 0 Å². The van der Waals surface area contributed by atoms with Crippen molar-refractivity contribution in [3.63, 3.8) is 0 Å². The molecule has 0 amide bonds. The van der Waals surface area contributed by atoms with Crippen molar-refractivity contribution in [1.29, 1.82) is 0 Å². The molecule has 3 aromatic rings. The SMILES string of the molecule is COc1ccc(-c2nc(C(F)F)cn2-c2ccc(O)cc2)cc1. The fourth-order valence-corrected chi connectivity index (χ4v) is 2.26. The molecule has 4 nitrogen and oxygen atoms in total. The summed E-state index contributed by atoms with van der Waals surface area (Å²) in [6.45, 7) is 0. The van der Waals surface area contributed by atoms with E-state index >= 15 is 0 Å². The number of benzene rings is 2. The molecule has 0 aliphatic heterocycles. The minimum Gasteiger partial charge on any atom is -0.508 e. The largest absolute Gasteiger partial charge is 0.508 e. The Balaban J connectivity index is 2.12. The maximum atomic E-state index is 13.0. The average Bonchev–Trinajstić information content (AvgIpc) is 3.01. The number of rotatable bonds is 4. The van der Waals surface area contributed by atoms with Gasteiger partial charge in [0, 0.05) is 17.4 Å². The van der Waals surface area contributed by atoms with E-state index in [1.165, 1.54) is 18.3 Å². The minimum absolute atomic E-state index is 0.106. The van der Waals surface area contributed by atoms with Crippen molar-refractivity contribution in [2.75, 3.05) is 7.11 Å². The van der Waals surface area contributed by atoms with Gasteiger partial charge in [-0.25, -0.2) is 13.8 Å². The third kappa shape index (κ3) is 3.01. The van der Waals surface area contributed by atoms with Crippen LogP contribution < -0.4 is 4.74 Å². The Morgan fingerprint density at radius 2 is 1.70 bits per heavy atom. The van der Waals surface area contributed by atoms with Gasteiger partial charge in [-0.3, -0.25) is 4.57 Å². The first-order valence-electron chi connectivity index (χ1n) is 6.90. The highest BCUT2D eigenvalue weighted by Gasteiger charge is 2.17. The van der Waals surface area contributed by atoms with Crippen molar-refractivity contribution in [3.8, 4) is 28.6 Å². The van der Waals surface area contributed by atoms with Gasteiger partial charge in [0.1, 0.15) is 23.0 Å². The number of nitrogens with zero attached hydrogens (tertiary/aromatic N) is 2. The Hall–Kier alpha value is -2.89. The van der Waals surface area contributed by atoms with Gasteiger partial charge >= 0.3 is 0 Å². The molecule has 0 saturated carbocycles. The van der Waals surface area contributed by atoms with Gasteiger partial charge in [0.25, 0.3) is 6.43 Å². The Morgan fingerprint density at radius 1 is 1.04 bits per heavy atom. The Morgan fingerprint density at radius 3 is 2.26 bits per heavy atom. The fourth-order valence-electron chi connectivity index (χ4n) is 2.26. The lowest BCUT2D eigenvalue weighted by Gasteiger charge is -2.08. The van der Waals surface area contributed by atoms with Crippen LogP contribution in [0.4, 0.5) is 8.78 Å². The Bertz CT molecular complexity index is 796. The van der Waals surface area contributed by atoms with E-state index in [9.17, 15) is 13.9 Å². The van der Waals surface area contributed by atoms with Gasteiger partial charge in [-0.2, -0.15) is 0 Å². The zero-order chi connectivity index (χ0) is 16.4. The van der Waals surface area contributed by atoms with E-state index in [2.05, 4.69) is 4.98 Å². The highest BCUT2D eigenvalue weighted by atomic mass is 19.3. The van der Waals surface area contributed by atoms with Crippen LogP contribution in [0.5, 0.6) is 11.5 Å². The average molecular weight is 316 g/mol. The molecule has 0 aliphatic rings. The second kappa shape index (κ2) is 6.08. The highest BCUT2D eigenvalue weighted by Crippen LogP contribution is 2.29. The number of alkyl halides is 2. The number of aromatic nitrogens is 2. The standard InChI is InChI=1S/C17H14F2N2O2/c1-23-14-8-2-11(3-9-14)17-20-15(16(18)19)10-21(17)12-4-6-13(22)7-5-12/h2-10,16,22H,1H3. The predicted molar refractivity (Wildman–Crippen MR) is 82.2 cm³/mol. The van der Waals surface area contributed by atoms with Crippen LogP contribution in [0.15, 0.2) is 54.7 Å². The van der Waals surface area contributed by atoms with E-state index in [0.29, 0.717) is 22.8 Å². The number of aromatic hydroxyl groups is 1. The van der Waals surface area contributed by atoms with E-state index in [1.807, 2.05) is 0 Å². The summed E-state index contributed by atoms with van der Waals surface area (Å²) >= 11 is 0. The van der Waals surface area contributed by atoms with E-state index in [4.69, 9.17) is 4.74 Å². The van der Waals surface area contributed by atoms with Gasteiger partial charge in [-0.1, -0.05) is 0 Å². The van der Waals surface area contributed by atoms with Crippen molar-refractivity contribution >= 4 is 0 Å². The van der Waals surface area contributed by atoms with Crippen molar-refractivity contribution in [2.24, 2.45) is 0 Å². The molecule has 6 heteroatoms. The van der Waals surface area contributed by atoms with Crippen molar-refractivity contribution < 1.29 is 18.6 Å². The summed E-state index contributed by atoms with van der Waals surface area (Å²) in [5.74, 6) is 1.17. The van der Waals surface area contributed by atoms with Crippen LogP contribution in [-0.4, -0.2) is 21.8 Å². The van der Waals surface area contributed by atoms with Crippen molar-refractivity contribution in [2.45, 2.75) is 6.43 Å². The molecule has 0 atom stereocenters. The van der Waals surface area contributed by atoms with Crippen molar-refractivity contribution in [3.05, 3.63) is 60.4 Å². The molecule has 1 aromatic heterocycles. The van der Waals surface area contributed by atoms with Crippen LogP contribution in [0, 0.1) is 0 Å². The molecule has 118 valence electrons. The van der Waals surface area contributed by atoms with Crippen LogP contribution in [0.1, 0.15) is 12.1 Å². The number of imidazole rings is 1. The summed E-state index contributed by atoms with van der Waals surface area (Å²) in [5, 5.41) is 9.38. The van der Waals surface area contributed by atoms with E-state index in [1.54, 1.807) is 48.1 Å². The number of phenolic OH excluding ortho intramolecular Hbond substituents is 1. The molecular weight excluding hydrogens is 302 g/mol. The number of hydrogen-bond acceptors (Lipinski definition) is 3. The summed E-state index contributed by atoms with van der Waals surface area (Å²) in [7, 11) is 1.56. The van der Waals surface area contributed by atoms with Gasteiger partial charge in [-0.15, -0.1) is 0 Å². The van der Waals surface area contributed by atoms with Gasteiger partial charge in [0.15, 0.2) is 0 Å². The van der Waals surface area contributed by atoms with Crippen molar-refractivity contribution in [1.82, 2.24) is 9.55 Å². The molecule has 0 radical (unpaired) electrons. The molecule has 0 bridgehead atoms. The second-order valence-electron chi connectivity index (χ2n) is 4.90. The molecule has 3 rings (SSSR count). The summed E-state index contributed by atoms with van der Waals surface area (Å²) in [6.07, 6.45) is -1.36. The summed E-state index contributed by atoms with van der Waals surface area (Å²) in [5.41, 5.74) is 1.02. The van der Waals surface area contributed by atoms with Crippen LogP contribution in [0.3, 0.4) is 0 Å². The predicted octanol–water partition coefficient (Wildman–Crippen LogP) is 4.19. The van der Waals surface area contributed by atoms with E-state index in [-0.39, 0.29) is 11.4 Å². The first-order chi connectivity index (χ1) is 11.1. The lowest BCUT2D eigenvalue weighted by molar-refractivity contribution is 0.146. The first-order valence-corrected chi connectivity index (χ1v) is 6.90. The van der Waals surface area contributed by atoms with Gasteiger partial charge < -0.3 is 9.84 Å². The second-order valence-corrected chi connectivity index (χ2v) is 4.90. The third-order valence-electron chi connectivity index (χ3n) is 3.42. The van der Waals surface area contributed by atoms with Gasteiger partial charge in [-0.05, 0) is 48.5 Å². The fraction of sp³-hybridized carbons (Fsp3) is 0.118. The molecule has 0 saturated heterocycles. The molecule has 2 aromatic carbocycles. The highest BCUT2D eigenvalue weighted by molar-refractivity contribution is 5.60. The first kappa shape index (κ1) is 15.0. The zero-order valence-corrected chi connectivity index (χ0v) is 12.3. The number of ether oxygens (including phenoxy) is 1. The third-order valence-corrected chi connectivity index (χ3v) is 3.42. The molecular formula is C17H14F2N2O2. The van der Waals surface area contributed by atoms with Crippen LogP contribution in [0.2, 0.25) is 0 Å². The minimum atomic E-state index is -2.66. The zero-order valence-electron chi connectivity index (χ0n) is 12.3. The summed E-state index contributed by atoms with van der Waals surface area (Å²) in [6, 6.07) is 13.3. The Labute approximate surface area is 131 Å². The maximum Gasteiger partial charge on any atom is 0.281 e. The summed E-state index contributed by atoms with van der Waals surface area (Å²) < 4.78 is 32.8. The molecule has 0 fully saturated rings. The maximum absolute atomic E-state index is 13.0. The number of hydrogen-bond donors (Lipinski definition) is 1. The summed E-state index contributed by atoms with van der Waals surface area (Å²) in [4.78, 5) is 4.04. The molecule has 1 N–H and O–H groups in total. The number of phenols is 1. The smallest absolute Gasteiger partial charge is 0.281 e. The quantitative estimate of drug-likeness (QED) is 0.785. The number of halogens is 2.